The number of aliphatic hydroxyl groups is 2. The summed E-state index contributed by atoms with van der Waals surface area (Å²) in [5.74, 6) is 1.80. The lowest BCUT2D eigenvalue weighted by molar-refractivity contribution is 0.105. The van der Waals surface area contributed by atoms with Crippen LogP contribution in [0.1, 0.15) is 30.9 Å². The maximum Gasteiger partial charge on any atom is 0.229 e. The Labute approximate surface area is 179 Å². The fraction of sp³-hybridized carbons (Fsp3) is 0.333. The highest BCUT2D eigenvalue weighted by atomic mass is 16.3. The van der Waals surface area contributed by atoms with Gasteiger partial charge < -0.3 is 25.3 Å². The Morgan fingerprint density at radius 1 is 1.13 bits per heavy atom. The van der Waals surface area contributed by atoms with Crippen LogP contribution < -0.4 is 10.6 Å². The van der Waals surface area contributed by atoms with Crippen molar-refractivity contribution in [3.63, 3.8) is 0 Å². The lowest BCUT2D eigenvalue weighted by Gasteiger charge is -2.13. The molecule has 0 bridgehead atoms. The molecule has 1 unspecified atom stereocenters. The third-order valence-electron chi connectivity index (χ3n) is 4.77. The predicted octanol–water partition coefficient (Wildman–Crippen LogP) is 2.28. The number of nitrogens with one attached hydrogen (secondary N) is 2. The molecule has 10 heteroatoms. The highest BCUT2D eigenvalue weighted by Crippen LogP contribution is 2.22. The number of rotatable bonds is 9. The first-order chi connectivity index (χ1) is 15.0. The molecule has 0 saturated carbocycles. The molecule has 0 aliphatic carbocycles. The van der Waals surface area contributed by atoms with Crippen LogP contribution in [0, 0.1) is 0 Å². The van der Waals surface area contributed by atoms with Crippen LogP contribution in [0.15, 0.2) is 47.3 Å². The van der Waals surface area contributed by atoms with Crippen molar-refractivity contribution < 1.29 is 14.6 Å². The minimum Gasteiger partial charge on any atom is -0.463 e. The van der Waals surface area contributed by atoms with Crippen LogP contribution in [0.4, 0.5) is 11.9 Å². The van der Waals surface area contributed by atoms with Gasteiger partial charge in [0.2, 0.25) is 11.9 Å². The van der Waals surface area contributed by atoms with Crippen molar-refractivity contribution in [2.45, 2.75) is 32.4 Å². The number of anilines is 2. The van der Waals surface area contributed by atoms with E-state index in [0.29, 0.717) is 24.1 Å². The standard InChI is InChI=1S/C21H25N7O3/c1-13(2)16-11-25-28-19(16)26-20(23-10-15(30)12-29)27-21(28)24-9-14-5-6-17(22-8-14)18-4-3-7-31-18/h3-8,11,13,15,29-30H,9-10,12H2,1-2H3,(H2,23,24,26,27). The summed E-state index contributed by atoms with van der Waals surface area (Å²) in [7, 11) is 0. The molecule has 4 aromatic rings. The van der Waals surface area contributed by atoms with Gasteiger partial charge in [0.05, 0.1) is 25.2 Å². The Balaban J connectivity index is 1.56. The van der Waals surface area contributed by atoms with Crippen molar-refractivity contribution in [1.29, 1.82) is 0 Å². The molecule has 4 aromatic heterocycles. The van der Waals surface area contributed by atoms with Gasteiger partial charge >= 0.3 is 0 Å². The molecule has 162 valence electrons. The zero-order chi connectivity index (χ0) is 21.8. The van der Waals surface area contributed by atoms with Crippen molar-refractivity contribution in [3.8, 4) is 11.5 Å². The third kappa shape index (κ3) is 4.65. The molecule has 1 atom stereocenters. The van der Waals surface area contributed by atoms with Crippen molar-refractivity contribution in [2.24, 2.45) is 0 Å². The van der Waals surface area contributed by atoms with E-state index in [1.807, 2.05) is 24.3 Å². The number of furan rings is 1. The van der Waals surface area contributed by atoms with Crippen molar-refractivity contribution in [1.82, 2.24) is 24.6 Å². The number of nitrogens with zero attached hydrogens (tertiary/aromatic N) is 5. The molecule has 0 aromatic carbocycles. The van der Waals surface area contributed by atoms with E-state index < -0.39 is 6.10 Å². The van der Waals surface area contributed by atoms with Gasteiger partial charge in [0.1, 0.15) is 5.69 Å². The summed E-state index contributed by atoms with van der Waals surface area (Å²) < 4.78 is 7.03. The van der Waals surface area contributed by atoms with Gasteiger partial charge in [0.15, 0.2) is 11.4 Å². The molecule has 4 heterocycles. The van der Waals surface area contributed by atoms with Gasteiger partial charge in [-0.25, -0.2) is 0 Å². The number of aromatic nitrogens is 5. The summed E-state index contributed by atoms with van der Waals surface area (Å²) in [5, 5.41) is 29.4. The summed E-state index contributed by atoms with van der Waals surface area (Å²) in [4.78, 5) is 13.5. The largest absolute Gasteiger partial charge is 0.463 e. The van der Waals surface area contributed by atoms with E-state index >= 15 is 0 Å². The number of aliphatic hydroxyl groups excluding tert-OH is 2. The second kappa shape index (κ2) is 9.11. The average molecular weight is 423 g/mol. The van der Waals surface area contributed by atoms with Crippen molar-refractivity contribution >= 4 is 17.5 Å². The SMILES string of the molecule is CC(C)c1cnn2c(NCc3ccc(-c4ccco4)nc3)nc(NCC(O)CO)nc12. The first-order valence-corrected chi connectivity index (χ1v) is 10.1. The highest BCUT2D eigenvalue weighted by Gasteiger charge is 2.16. The molecule has 0 aliphatic heterocycles. The molecular weight excluding hydrogens is 398 g/mol. The molecule has 10 nitrogen and oxygen atoms in total. The van der Waals surface area contributed by atoms with Crippen LogP contribution >= 0.6 is 0 Å². The van der Waals surface area contributed by atoms with Crippen molar-refractivity contribution in [2.75, 3.05) is 23.8 Å². The minimum absolute atomic E-state index is 0.134. The molecule has 0 fully saturated rings. The Hall–Kier alpha value is -3.50. The molecule has 0 saturated heterocycles. The fourth-order valence-electron chi connectivity index (χ4n) is 3.05. The Bertz CT molecular complexity index is 1120. The topological polar surface area (TPSA) is 134 Å². The first kappa shape index (κ1) is 20.8. The molecule has 0 spiro atoms. The molecule has 31 heavy (non-hydrogen) atoms. The van der Waals surface area contributed by atoms with Crippen molar-refractivity contribution in [3.05, 3.63) is 54.0 Å². The van der Waals surface area contributed by atoms with E-state index in [9.17, 15) is 5.11 Å². The third-order valence-corrected chi connectivity index (χ3v) is 4.77. The van der Waals surface area contributed by atoms with Gasteiger partial charge in [-0.15, -0.1) is 0 Å². The van der Waals surface area contributed by atoms with Gasteiger partial charge in [-0.05, 0) is 29.7 Å². The van der Waals surface area contributed by atoms with Crippen LogP contribution in [0.2, 0.25) is 0 Å². The van der Waals surface area contributed by atoms with Gasteiger partial charge in [-0.2, -0.15) is 19.6 Å². The molecule has 0 aliphatic rings. The Morgan fingerprint density at radius 2 is 2.00 bits per heavy atom. The molecule has 4 rings (SSSR count). The summed E-state index contributed by atoms with van der Waals surface area (Å²) in [5.41, 5.74) is 3.39. The number of fused-ring (bicyclic) bond motifs is 1. The molecule has 0 amide bonds. The average Bonchev–Trinajstić information content (AvgIpc) is 3.46. The highest BCUT2D eigenvalue weighted by molar-refractivity contribution is 5.56. The van der Waals surface area contributed by atoms with Crippen LogP contribution in [0.3, 0.4) is 0 Å². The number of hydrogen-bond donors (Lipinski definition) is 4. The van der Waals surface area contributed by atoms with Crippen LogP contribution in [0.25, 0.3) is 17.1 Å². The quantitative estimate of drug-likeness (QED) is 0.320. The van der Waals surface area contributed by atoms with E-state index in [4.69, 9.17) is 9.52 Å². The van der Waals surface area contributed by atoms with E-state index in [1.54, 1.807) is 23.2 Å². The maximum atomic E-state index is 9.63. The Morgan fingerprint density at radius 3 is 2.68 bits per heavy atom. The van der Waals surface area contributed by atoms with Crippen LogP contribution in [0.5, 0.6) is 0 Å². The molecule has 4 N–H and O–H groups in total. The summed E-state index contributed by atoms with van der Waals surface area (Å²) in [6.07, 6.45) is 4.28. The second-order valence-electron chi connectivity index (χ2n) is 7.46. The monoisotopic (exact) mass is 423 g/mol. The fourth-order valence-corrected chi connectivity index (χ4v) is 3.05. The number of hydrogen-bond acceptors (Lipinski definition) is 9. The van der Waals surface area contributed by atoms with E-state index in [2.05, 4.69) is 44.5 Å². The van der Waals surface area contributed by atoms with Gasteiger partial charge in [-0.3, -0.25) is 4.98 Å². The van der Waals surface area contributed by atoms with Crippen LogP contribution in [-0.4, -0.2) is 54.0 Å². The summed E-state index contributed by atoms with van der Waals surface area (Å²) in [6.45, 7) is 4.41. The summed E-state index contributed by atoms with van der Waals surface area (Å²) in [6, 6.07) is 7.56. The van der Waals surface area contributed by atoms with E-state index in [-0.39, 0.29) is 19.1 Å². The van der Waals surface area contributed by atoms with Crippen LogP contribution in [-0.2, 0) is 6.54 Å². The predicted molar refractivity (Wildman–Crippen MR) is 116 cm³/mol. The lowest BCUT2D eigenvalue weighted by Crippen LogP contribution is -2.24. The normalized spacial score (nSPS) is 12.4. The zero-order valence-corrected chi connectivity index (χ0v) is 17.4. The maximum absolute atomic E-state index is 9.63. The minimum atomic E-state index is -0.899. The molecular formula is C21H25N7O3. The smallest absolute Gasteiger partial charge is 0.229 e. The van der Waals surface area contributed by atoms with E-state index in [1.165, 1.54) is 0 Å². The first-order valence-electron chi connectivity index (χ1n) is 10.1. The molecule has 0 radical (unpaired) electrons. The second-order valence-corrected chi connectivity index (χ2v) is 7.46. The van der Waals surface area contributed by atoms with E-state index in [0.717, 1.165) is 22.6 Å². The lowest BCUT2D eigenvalue weighted by atomic mass is 10.1. The zero-order valence-electron chi connectivity index (χ0n) is 17.4. The number of pyridine rings is 1. The van der Waals surface area contributed by atoms with Gasteiger partial charge in [0.25, 0.3) is 0 Å². The Kier molecular flexibility index (Phi) is 6.10. The van der Waals surface area contributed by atoms with Gasteiger partial charge in [-0.1, -0.05) is 19.9 Å². The summed E-state index contributed by atoms with van der Waals surface area (Å²) >= 11 is 0. The van der Waals surface area contributed by atoms with Gasteiger partial charge in [0, 0.05) is 24.8 Å².